The van der Waals surface area contributed by atoms with Crippen LogP contribution in [-0.2, 0) is 14.4 Å². The average Bonchev–Trinajstić information content (AvgIpc) is 2.83. The fourth-order valence-electron chi connectivity index (χ4n) is 4.65. The van der Waals surface area contributed by atoms with Crippen molar-refractivity contribution in [2.75, 3.05) is 24.5 Å². The summed E-state index contributed by atoms with van der Waals surface area (Å²) in [6, 6.07) is 7.75. The smallest absolute Gasteiger partial charge is 0.250 e. The SMILES string of the molecule is CCCCCCCCCC(=O)N1CCC(NC(=O)C2Sc3ccccc3N(CC)C2=O)CC1. The number of likely N-dealkylation sites (tertiary alicyclic amines) is 1. The highest BCUT2D eigenvalue weighted by molar-refractivity contribution is 8.01. The molecule has 3 amide bonds. The molecule has 0 radical (unpaired) electrons. The number of amides is 3. The molecule has 2 aliphatic heterocycles. The van der Waals surface area contributed by atoms with Crippen LogP contribution >= 0.6 is 11.8 Å². The van der Waals surface area contributed by atoms with Crippen molar-refractivity contribution in [3.8, 4) is 0 Å². The number of thioether (sulfide) groups is 1. The zero-order valence-corrected chi connectivity index (χ0v) is 21.0. The molecule has 1 atom stereocenters. The number of nitrogens with one attached hydrogen (secondary N) is 1. The molecule has 0 bridgehead atoms. The molecule has 2 heterocycles. The molecule has 33 heavy (non-hydrogen) atoms. The number of para-hydroxylation sites is 1. The highest BCUT2D eigenvalue weighted by Gasteiger charge is 2.38. The van der Waals surface area contributed by atoms with E-state index in [1.54, 1.807) is 4.90 Å². The van der Waals surface area contributed by atoms with E-state index in [9.17, 15) is 14.4 Å². The average molecular weight is 474 g/mol. The molecule has 0 aliphatic carbocycles. The van der Waals surface area contributed by atoms with Crippen LogP contribution in [-0.4, -0.2) is 53.5 Å². The van der Waals surface area contributed by atoms with Crippen LogP contribution in [0.5, 0.6) is 0 Å². The van der Waals surface area contributed by atoms with Gasteiger partial charge in [-0.15, -0.1) is 11.8 Å². The van der Waals surface area contributed by atoms with Gasteiger partial charge in [0.15, 0.2) is 5.25 Å². The van der Waals surface area contributed by atoms with Gasteiger partial charge in [-0.1, -0.05) is 57.6 Å². The van der Waals surface area contributed by atoms with E-state index in [1.165, 1.54) is 43.9 Å². The molecule has 182 valence electrons. The summed E-state index contributed by atoms with van der Waals surface area (Å²) >= 11 is 1.34. The maximum absolute atomic E-state index is 13.0. The molecule has 2 aliphatic rings. The minimum Gasteiger partial charge on any atom is -0.352 e. The Morgan fingerprint density at radius 3 is 2.36 bits per heavy atom. The van der Waals surface area contributed by atoms with Gasteiger partial charge in [-0.25, -0.2) is 0 Å². The van der Waals surface area contributed by atoms with Crippen molar-refractivity contribution in [3.05, 3.63) is 24.3 Å². The number of nitrogens with zero attached hydrogens (tertiary/aromatic N) is 2. The maximum atomic E-state index is 13.0. The molecule has 0 saturated carbocycles. The highest BCUT2D eigenvalue weighted by Crippen LogP contribution is 2.39. The summed E-state index contributed by atoms with van der Waals surface area (Å²) in [5.74, 6) is -0.131. The van der Waals surface area contributed by atoms with Gasteiger partial charge in [-0.05, 0) is 38.3 Å². The van der Waals surface area contributed by atoms with Gasteiger partial charge >= 0.3 is 0 Å². The normalized spacial score (nSPS) is 18.8. The van der Waals surface area contributed by atoms with Crippen LogP contribution in [0.15, 0.2) is 29.2 Å². The molecule has 0 aromatic heterocycles. The first-order valence-corrected chi connectivity index (χ1v) is 13.6. The predicted octanol–water partition coefficient (Wildman–Crippen LogP) is 4.76. The van der Waals surface area contributed by atoms with Gasteiger partial charge in [0.25, 0.3) is 0 Å². The predicted molar refractivity (Wildman–Crippen MR) is 134 cm³/mol. The van der Waals surface area contributed by atoms with Crippen molar-refractivity contribution in [3.63, 3.8) is 0 Å². The van der Waals surface area contributed by atoms with Crippen molar-refractivity contribution < 1.29 is 14.4 Å². The summed E-state index contributed by atoms with van der Waals surface area (Å²) < 4.78 is 0. The number of fused-ring (bicyclic) bond motifs is 1. The molecule has 1 aromatic rings. The van der Waals surface area contributed by atoms with E-state index >= 15 is 0 Å². The number of unbranched alkanes of at least 4 members (excludes halogenated alkanes) is 6. The zero-order chi connectivity index (χ0) is 23.6. The number of anilines is 1. The number of carbonyl (C=O) groups is 3. The van der Waals surface area contributed by atoms with E-state index in [0.717, 1.165) is 36.3 Å². The quantitative estimate of drug-likeness (QED) is 0.372. The molecule has 3 rings (SSSR count). The fraction of sp³-hybridized carbons (Fsp3) is 0.654. The second-order valence-electron chi connectivity index (χ2n) is 9.08. The Hall–Kier alpha value is -2.02. The topological polar surface area (TPSA) is 69.7 Å². The van der Waals surface area contributed by atoms with Crippen molar-refractivity contribution in [2.24, 2.45) is 0 Å². The highest BCUT2D eigenvalue weighted by atomic mass is 32.2. The fourth-order valence-corrected chi connectivity index (χ4v) is 5.76. The van der Waals surface area contributed by atoms with Crippen LogP contribution in [0.2, 0.25) is 0 Å². The number of piperidine rings is 1. The van der Waals surface area contributed by atoms with Crippen LogP contribution in [0.4, 0.5) is 5.69 Å². The summed E-state index contributed by atoms with van der Waals surface area (Å²) in [5, 5.41) is 2.33. The molecule has 0 spiro atoms. The second kappa shape index (κ2) is 13.0. The minimum atomic E-state index is -0.753. The Kier molecular flexibility index (Phi) is 10.1. The lowest BCUT2D eigenvalue weighted by Gasteiger charge is -2.35. The van der Waals surface area contributed by atoms with E-state index in [0.29, 0.717) is 26.1 Å². The van der Waals surface area contributed by atoms with Gasteiger partial charge in [-0.2, -0.15) is 0 Å². The summed E-state index contributed by atoms with van der Waals surface area (Å²) in [6.45, 7) is 6.05. The molecule has 1 fully saturated rings. The molecular formula is C26H39N3O3S. The molecule has 6 nitrogen and oxygen atoms in total. The van der Waals surface area contributed by atoms with Gasteiger partial charge in [0.2, 0.25) is 17.7 Å². The third-order valence-electron chi connectivity index (χ3n) is 6.63. The zero-order valence-electron chi connectivity index (χ0n) is 20.2. The van der Waals surface area contributed by atoms with Crippen LogP contribution in [0.1, 0.15) is 78.1 Å². The Labute approximate surface area is 202 Å². The number of rotatable bonds is 11. The molecular weight excluding hydrogens is 434 g/mol. The van der Waals surface area contributed by atoms with Crippen molar-refractivity contribution in [2.45, 2.75) is 94.2 Å². The summed E-state index contributed by atoms with van der Waals surface area (Å²) in [7, 11) is 0. The lowest BCUT2D eigenvalue weighted by molar-refractivity contribution is -0.132. The molecule has 1 aromatic carbocycles. The number of hydrogen-bond acceptors (Lipinski definition) is 4. The molecule has 1 unspecified atom stereocenters. The Bertz CT molecular complexity index is 808. The largest absolute Gasteiger partial charge is 0.352 e. The third-order valence-corrected chi connectivity index (χ3v) is 7.88. The molecule has 7 heteroatoms. The monoisotopic (exact) mass is 473 g/mol. The minimum absolute atomic E-state index is 0.0146. The maximum Gasteiger partial charge on any atom is 0.250 e. The second-order valence-corrected chi connectivity index (χ2v) is 10.2. The standard InChI is InChI=1S/C26H39N3O3S/c1-3-5-6-7-8-9-10-15-23(30)28-18-16-20(17-19-28)27-25(31)24-26(32)29(4-2)21-13-11-12-14-22(21)33-24/h11-14,20,24H,3-10,15-19H2,1-2H3,(H,27,31). The van der Waals surface area contributed by atoms with Gasteiger partial charge in [0.1, 0.15) is 0 Å². The Balaban J connectivity index is 1.40. The van der Waals surface area contributed by atoms with E-state index in [2.05, 4.69) is 12.2 Å². The van der Waals surface area contributed by atoms with Gasteiger partial charge in [-0.3, -0.25) is 14.4 Å². The first kappa shape index (κ1) is 25.6. The summed E-state index contributed by atoms with van der Waals surface area (Å²) in [4.78, 5) is 43.0. The molecule has 1 N–H and O–H groups in total. The van der Waals surface area contributed by atoms with Crippen LogP contribution < -0.4 is 10.2 Å². The van der Waals surface area contributed by atoms with E-state index < -0.39 is 5.25 Å². The number of hydrogen-bond donors (Lipinski definition) is 1. The first-order chi connectivity index (χ1) is 16.0. The van der Waals surface area contributed by atoms with E-state index in [-0.39, 0.29) is 23.8 Å². The van der Waals surface area contributed by atoms with Crippen molar-refractivity contribution >= 4 is 35.2 Å². The van der Waals surface area contributed by atoms with Gasteiger partial charge in [0, 0.05) is 37.0 Å². The van der Waals surface area contributed by atoms with Crippen molar-refractivity contribution in [1.82, 2.24) is 10.2 Å². The lowest BCUT2D eigenvalue weighted by Crippen LogP contribution is -2.52. The number of benzene rings is 1. The van der Waals surface area contributed by atoms with Crippen LogP contribution in [0, 0.1) is 0 Å². The first-order valence-electron chi connectivity index (χ1n) is 12.7. The molecule has 1 saturated heterocycles. The van der Waals surface area contributed by atoms with E-state index in [1.807, 2.05) is 36.1 Å². The van der Waals surface area contributed by atoms with E-state index in [4.69, 9.17) is 0 Å². The lowest BCUT2D eigenvalue weighted by atomic mass is 10.0. The Morgan fingerprint density at radius 1 is 1.00 bits per heavy atom. The van der Waals surface area contributed by atoms with Crippen molar-refractivity contribution in [1.29, 1.82) is 0 Å². The van der Waals surface area contributed by atoms with Crippen LogP contribution in [0.3, 0.4) is 0 Å². The summed E-state index contributed by atoms with van der Waals surface area (Å²) in [6.07, 6.45) is 10.6. The Morgan fingerprint density at radius 2 is 1.67 bits per heavy atom. The summed E-state index contributed by atoms with van der Waals surface area (Å²) in [5.41, 5.74) is 0.881. The van der Waals surface area contributed by atoms with Crippen LogP contribution in [0.25, 0.3) is 0 Å². The van der Waals surface area contributed by atoms with Gasteiger partial charge in [0.05, 0.1) is 5.69 Å². The van der Waals surface area contributed by atoms with Gasteiger partial charge < -0.3 is 15.1 Å². The third kappa shape index (κ3) is 6.98. The number of carbonyl (C=O) groups excluding carboxylic acids is 3.